The lowest BCUT2D eigenvalue weighted by Gasteiger charge is -2.32. The Balaban J connectivity index is 1.52. The Kier molecular flexibility index (Phi) is 4.75. The molecule has 0 saturated carbocycles. The summed E-state index contributed by atoms with van der Waals surface area (Å²) in [7, 11) is 0. The first-order valence-corrected chi connectivity index (χ1v) is 9.48. The Hall–Kier alpha value is -2.59. The molecule has 1 amide bonds. The largest absolute Gasteiger partial charge is 0.461 e. The monoisotopic (exact) mass is 381 g/mol. The fourth-order valence-corrected chi connectivity index (χ4v) is 3.84. The minimum atomic E-state index is -0.177. The SMILES string of the molecule is Cc1cc2cc(C(=O)N3CCCC(C(=O)c4ccc(Cl)cc4)C3)ccc2o1. The summed E-state index contributed by atoms with van der Waals surface area (Å²) in [6.07, 6.45) is 1.62. The van der Waals surface area contributed by atoms with Crippen LogP contribution in [-0.4, -0.2) is 29.7 Å². The molecular weight excluding hydrogens is 362 g/mol. The maximum atomic E-state index is 13.0. The lowest BCUT2D eigenvalue weighted by atomic mass is 9.89. The highest BCUT2D eigenvalue weighted by atomic mass is 35.5. The maximum absolute atomic E-state index is 13.0. The van der Waals surface area contributed by atoms with Crippen LogP contribution in [0.15, 0.2) is 52.9 Å². The van der Waals surface area contributed by atoms with Gasteiger partial charge in [0.15, 0.2) is 5.78 Å². The van der Waals surface area contributed by atoms with Gasteiger partial charge in [-0.3, -0.25) is 9.59 Å². The van der Waals surface area contributed by atoms with Gasteiger partial charge in [-0.2, -0.15) is 0 Å². The molecule has 2 aromatic carbocycles. The number of rotatable bonds is 3. The first-order chi connectivity index (χ1) is 13.0. The molecule has 0 N–H and O–H groups in total. The zero-order valence-electron chi connectivity index (χ0n) is 15.1. The summed E-state index contributed by atoms with van der Waals surface area (Å²) in [5, 5.41) is 1.53. The van der Waals surface area contributed by atoms with E-state index < -0.39 is 0 Å². The Labute approximate surface area is 162 Å². The summed E-state index contributed by atoms with van der Waals surface area (Å²) in [4.78, 5) is 27.6. The third-order valence-electron chi connectivity index (χ3n) is 5.09. The molecule has 1 fully saturated rings. The van der Waals surface area contributed by atoms with E-state index in [-0.39, 0.29) is 17.6 Å². The van der Waals surface area contributed by atoms with E-state index in [0.29, 0.717) is 29.2 Å². The summed E-state index contributed by atoms with van der Waals surface area (Å²) in [5.41, 5.74) is 2.05. The quantitative estimate of drug-likeness (QED) is 0.591. The third kappa shape index (κ3) is 3.62. The molecule has 1 aliphatic heterocycles. The number of piperidine rings is 1. The van der Waals surface area contributed by atoms with E-state index in [2.05, 4.69) is 0 Å². The van der Waals surface area contributed by atoms with Crippen LogP contribution in [0.3, 0.4) is 0 Å². The molecule has 0 spiro atoms. The number of likely N-dealkylation sites (tertiary alicyclic amines) is 1. The number of amides is 1. The van der Waals surface area contributed by atoms with Gasteiger partial charge in [0.2, 0.25) is 0 Å². The highest BCUT2D eigenvalue weighted by Crippen LogP contribution is 2.25. The number of nitrogens with zero attached hydrogens (tertiary/aromatic N) is 1. The molecule has 138 valence electrons. The van der Waals surface area contributed by atoms with Crippen molar-refractivity contribution < 1.29 is 14.0 Å². The number of furan rings is 1. The molecule has 0 radical (unpaired) electrons. The fourth-order valence-electron chi connectivity index (χ4n) is 3.72. The molecule has 27 heavy (non-hydrogen) atoms. The number of hydrogen-bond acceptors (Lipinski definition) is 3. The second kappa shape index (κ2) is 7.20. The molecule has 0 bridgehead atoms. The molecule has 1 saturated heterocycles. The number of carbonyl (C=O) groups is 2. The van der Waals surface area contributed by atoms with Crippen molar-refractivity contribution in [3.05, 3.63) is 70.4 Å². The van der Waals surface area contributed by atoms with Crippen molar-refractivity contribution in [2.45, 2.75) is 19.8 Å². The van der Waals surface area contributed by atoms with Crippen molar-refractivity contribution in [3.8, 4) is 0 Å². The number of benzene rings is 2. The first kappa shape index (κ1) is 17.8. The molecule has 4 nitrogen and oxygen atoms in total. The lowest BCUT2D eigenvalue weighted by molar-refractivity contribution is 0.0637. The Morgan fingerprint density at radius 1 is 1.07 bits per heavy atom. The number of hydrogen-bond donors (Lipinski definition) is 0. The van der Waals surface area contributed by atoms with E-state index in [1.807, 2.05) is 25.1 Å². The normalized spacial score (nSPS) is 17.3. The average Bonchev–Trinajstić information content (AvgIpc) is 3.06. The van der Waals surface area contributed by atoms with Gasteiger partial charge in [0.25, 0.3) is 5.91 Å². The van der Waals surface area contributed by atoms with Crippen molar-refractivity contribution in [3.63, 3.8) is 0 Å². The molecule has 0 aliphatic carbocycles. The smallest absolute Gasteiger partial charge is 0.253 e. The molecule has 1 atom stereocenters. The van der Waals surface area contributed by atoms with Gasteiger partial charge < -0.3 is 9.32 Å². The molecule has 3 aromatic rings. The van der Waals surface area contributed by atoms with Crippen LogP contribution in [-0.2, 0) is 0 Å². The number of aryl methyl sites for hydroxylation is 1. The summed E-state index contributed by atoms with van der Waals surface area (Å²) in [6, 6.07) is 14.4. The second-order valence-corrected chi connectivity index (χ2v) is 7.51. The maximum Gasteiger partial charge on any atom is 0.253 e. The van der Waals surface area contributed by atoms with Crippen molar-refractivity contribution in [1.29, 1.82) is 0 Å². The summed E-state index contributed by atoms with van der Waals surface area (Å²) >= 11 is 5.91. The Morgan fingerprint density at radius 2 is 1.81 bits per heavy atom. The van der Waals surface area contributed by atoms with E-state index >= 15 is 0 Å². The van der Waals surface area contributed by atoms with Crippen molar-refractivity contribution in [1.82, 2.24) is 4.90 Å². The minimum absolute atomic E-state index is 0.0376. The molecule has 1 aliphatic rings. The molecule has 2 heterocycles. The van der Waals surface area contributed by atoms with E-state index in [1.54, 1.807) is 35.2 Å². The highest BCUT2D eigenvalue weighted by molar-refractivity contribution is 6.30. The fraction of sp³-hybridized carbons (Fsp3) is 0.273. The van der Waals surface area contributed by atoms with Crippen LogP contribution >= 0.6 is 11.6 Å². The number of Topliss-reactive ketones (excluding diaryl/α,β-unsaturated/α-hetero) is 1. The van der Waals surface area contributed by atoms with Crippen molar-refractivity contribution in [2.24, 2.45) is 5.92 Å². The predicted molar refractivity (Wildman–Crippen MR) is 105 cm³/mol. The number of carbonyl (C=O) groups excluding carboxylic acids is 2. The number of ketones is 1. The Bertz CT molecular complexity index is 1010. The van der Waals surface area contributed by atoms with Gasteiger partial charge in [-0.25, -0.2) is 0 Å². The van der Waals surface area contributed by atoms with E-state index in [0.717, 1.165) is 29.6 Å². The van der Waals surface area contributed by atoms with E-state index in [1.165, 1.54) is 0 Å². The molecule has 5 heteroatoms. The summed E-state index contributed by atoms with van der Waals surface area (Å²) in [6.45, 7) is 3.01. The molecule has 1 aromatic heterocycles. The highest BCUT2D eigenvalue weighted by Gasteiger charge is 2.29. The minimum Gasteiger partial charge on any atom is -0.461 e. The van der Waals surface area contributed by atoms with E-state index in [9.17, 15) is 9.59 Å². The van der Waals surface area contributed by atoms with Gasteiger partial charge in [-0.1, -0.05) is 11.6 Å². The first-order valence-electron chi connectivity index (χ1n) is 9.10. The molecule has 1 unspecified atom stereocenters. The standard InChI is InChI=1S/C22H20ClNO3/c1-14-11-18-12-16(6-9-20(18)27-14)22(26)24-10-2-3-17(13-24)21(25)15-4-7-19(23)8-5-15/h4-9,11-12,17H,2-3,10,13H2,1H3. The van der Waals surface area contributed by atoms with Gasteiger partial charge in [-0.15, -0.1) is 0 Å². The van der Waals surface area contributed by atoms with E-state index in [4.69, 9.17) is 16.0 Å². The Morgan fingerprint density at radius 3 is 2.59 bits per heavy atom. The van der Waals surface area contributed by atoms with Crippen LogP contribution in [0.4, 0.5) is 0 Å². The van der Waals surface area contributed by atoms with Gasteiger partial charge in [0.1, 0.15) is 11.3 Å². The van der Waals surface area contributed by atoms with Crippen molar-refractivity contribution in [2.75, 3.05) is 13.1 Å². The topological polar surface area (TPSA) is 50.5 Å². The number of fused-ring (bicyclic) bond motifs is 1. The van der Waals surface area contributed by atoms with Crippen LogP contribution in [0.25, 0.3) is 11.0 Å². The van der Waals surface area contributed by atoms with Crippen LogP contribution in [0, 0.1) is 12.8 Å². The summed E-state index contributed by atoms with van der Waals surface area (Å²) < 4.78 is 5.58. The van der Waals surface area contributed by atoms with Gasteiger partial charge >= 0.3 is 0 Å². The van der Waals surface area contributed by atoms with Gasteiger partial charge in [-0.05, 0) is 68.3 Å². The van der Waals surface area contributed by atoms with Gasteiger partial charge in [0.05, 0.1) is 0 Å². The van der Waals surface area contributed by atoms with Crippen LogP contribution < -0.4 is 0 Å². The van der Waals surface area contributed by atoms with Gasteiger partial charge in [0, 0.05) is 40.5 Å². The molecule has 4 rings (SSSR count). The zero-order chi connectivity index (χ0) is 19.0. The van der Waals surface area contributed by atoms with Crippen LogP contribution in [0.2, 0.25) is 5.02 Å². The lowest BCUT2D eigenvalue weighted by Crippen LogP contribution is -2.42. The molecular formula is C22H20ClNO3. The second-order valence-electron chi connectivity index (χ2n) is 7.07. The third-order valence-corrected chi connectivity index (χ3v) is 5.35. The average molecular weight is 382 g/mol. The zero-order valence-corrected chi connectivity index (χ0v) is 15.8. The summed E-state index contributed by atoms with van der Waals surface area (Å²) in [5.74, 6) is 0.680. The predicted octanol–water partition coefficient (Wildman–Crippen LogP) is 5.13. The number of halogens is 1. The van der Waals surface area contributed by atoms with Crippen molar-refractivity contribution >= 4 is 34.3 Å². The van der Waals surface area contributed by atoms with Crippen LogP contribution in [0.5, 0.6) is 0 Å². The van der Waals surface area contributed by atoms with Crippen LogP contribution in [0.1, 0.15) is 39.3 Å².